The topological polar surface area (TPSA) is 97.5 Å². The second kappa shape index (κ2) is 9.75. The molecule has 0 unspecified atom stereocenters. The van der Waals surface area contributed by atoms with Gasteiger partial charge in [0.2, 0.25) is 5.91 Å². The molecule has 0 aromatic carbocycles. The second-order valence-electron chi connectivity index (χ2n) is 5.73. The highest BCUT2D eigenvalue weighted by Crippen LogP contribution is 2.25. The highest BCUT2D eigenvalue weighted by molar-refractivity contribution is 8.01. The molecule has 1 fully saturated rings. The summed E-state index contributed by atoms with van der Waals surface area (Å²) in [6.45, 7) is 5.10. The minimum atomic E-state index is -1.02. The molecule has 1 amide bonds. The third kappa shape index (κ3) is 5.70. The predicted molar refractivity (Wildman–Crippen MR) is 96.9 cm³/mol. The van der Waals surface area contributed by atoms with Crippen molar-refractivity contribution in [1.82, 2.24) is 14.8 Å². The third-order valence-corrected chi connectivity index (χ3v) is 6.17. The first-order chi connectivity index (χ1) is 12.0. The minimum absolute atomic E-state index is 0.0682. The molecule has 1 aliphatic heterocycles. The summed E-state index contributed by atoms with van der Waals surface area (Å²) in [5, 5.41) is 19.2. The first-order valence-electron chi connectivity index (χ1n) is 8.25. The zero-order valence-electron chi connectivity index (χ0n) is 14.2. The van der Waals surface area contributed by atoms with Crippen molar-refractivity contribution in [2.45, 2.75) is 36.6 Å². The standard InChI is InChI=1S/C16H22N4O3S2/c1-2-19(7-3-6-17)10-12-4-5-14(21)20(12)8-9-24-16-18-13(11-25-16)15(22)23/h11-12H,2-5,7-10H2,1H3,(H,22,23)/t12-/m1/s1. The van der Waals surface area contributed by atoms with Gasteiger partial charge in [0.05, 0.1) is 6.07 Å². The number of carbonyl (C=O) groups excluding carboxylic acids is 1. The van der Waals surface area contributed by atoms with Gasteiger partial charge in [0.25, 0.3) is 0 Å². The van der Waals surface area contributed by atoms with Crippen molar-refractivity contribution < 1.29 is 14.7 Å². The first-order valence-corrected chi connectivity index (χ1v) is 10.1. The van der Waals surface area contributed by atoms with Crippen LogP contribution in [0.4, 0.5) is 0 Å². The summed E-state index contributed by atoms with van der Waals surface area (Å²) in [4.78, 5) is 31.2. The SMILES string of the molecule is CCN(CCC#N)C[C@H]1CCC(=O)N1CCSc1nc(C(=O)O)cs1. The van der Waals surface area contributed by atoms with Gasteiger partial charge in [-0.25, -0.2) is 9.78 Å². The summed E-state index contributed by atoms with van der Waals surface area (Å²) in [5.41, 5.74) is 0.0682. The zero-order chi connectivity index (χ0) is 18.2. The Hall–Kier alpha value is -1.63. The average Bonchev–Trinajstić information content (AvgIpc) is 3.20. The number of thiazole rings is 1. The highest BCUT2D eigenvalue weighted by atomic mass is 32.2. The lowest BCUT2D eigenvalue weighted by Crippen LogP contribution is -2.43. The Bertz CT molecular complexity index is 644. The molecule has 9 heteroatoms. The Kier molecular flexibility index (Phi) is 7.68. The van der Waals surface area contributed by atoms with Gasteiger partial charge < -0.3 is 14.9 Å². The van der Waals surface area contributed by atoms with Crippen molar-refractivity contribution in [3.05, 3.63) is 11.1 Å². The number of hydrogen-bond donors (Lipinski definition) is 1. The van der Waals surface area contributed by atoms with E-state index in [0.717, 1.165) is 26.1 Å². The van der Waals surface area contributed by atoms with Crippen LogP contribution in [0.1, 0.15) is 36.7 Å². The van der Waals surface area contributed by atoms with Gasteiger partial charge in [-0.05, 0) is 13.0 Å². The zero-order valence-corrected chi connectivity index (χ0v) is 15.8. The van der Waals surface area contributed by atoms with Gasteiger partial charge in [-0.15, -0.1) is 11.3 Å². The van der Waals surface area contributed by atoms with E-state index in [1.165, 1.54) is 28.5 Å². The maximum Gasteiger partial charge on any atom is 0.355 e. The molecule has 136 valence electrons. The second-order valence-corrected chi connectivity index (χ2v) is 7.93. The van der Waals surface area contributed by atoms with E-state index < -0.39 is 5.97 Å². The van der Waals surface area contributed by atoms with Gasteiger partial charge in [0.15, 0.2) is 10.0 Å². The van der Waals surface area contributed by atoms with Gasteiger partial charge in [0.1, 0.15) is 0 Å². The fourth-order valence-corrected chi connectivity index (χ4v) is 4.64. The molecule has 1 saturated heterocycles. The number of carboxylic acids is 1. The monoisotopic (exact) mass is 382 g/mol. The summed E-state index contributed by atoms with van der Waals surface area (Å²) in [6.07, 6.45) is 1.93. The molecule has 1 aromatic heterocycles. The summed E-state index contributed by atoms with van der Waals surface area (Å²) in [6, 6.07) is 2.36. The van der Waals surface area contributed by atoms with Gasteiger partial charge in [-0.3, -0.25) is 4.79 Å². The Labute approximate surface area is 155 Å². The molecular formula is C16H22N4O3S2. The van der Waals surface area contributed by atoms with Crippen LogP contribution in [0.2, 0.25) is 0 Å². The van der Waals surface area contributed by atoms with Crippen molar-refractivity contribution in [3.63, 3.8) is 0 Å². The van der Waals surface area contributed by atoms with Gasteiger partial charge in [-0.1, -0.05) is 18.7 Å². The van der Waals surface area contributed by atoms with Crippen LogP contribution in [0.3, 0.4) is 0 Å². The molecule has 1 atom stereocenters. The predicted octanol–water partition coefficient (Wildman–Crippen LogP) is 2.16. The summed E-state index contributed by atoms with van der Waals surface area (Å²) < 4.78 is 0.713. The van der Waals surface area contributed by atoms with Gasteiger partial charge in [-0.2, -0.15) is 5.26 Å². The highest BCUT2D eigenvalue weighted by Gasteiger charge is 2.31. The van der Waals surface area contributed by atoms with Crippen molar-refractivity contribution >= 4 is 35.0 Å². The molecule has 0 spiro atoms. The number of amides is 1. The lowest BCUT2D eigenvalue weighted by atomic mass is 10.2. The summed E-state index contributed by atoms with van der Waals surface area (Å²) in [5.74, 6) is -0.152. The summed E-state index contributed by atoms with van der Waals surface area (Å²) in [7, 11) is 0. The smallest absolute Gasteiger partial charge is 0.355 e. The van der Waals surface area contributed by atoms with Crippen LogP contribution in [0.5, 0.6) is 0 Å². The third-order valence-electron chi connectivity index (χ3n) is 4.17. The average molecular weight is 383 g/mol. The van der Waals surface area contributed by atoms with Crippen LogP contribution >= 0.6 is 23.1 Å². The molecule has 1 aliphatic rings. The first kappa shape index (κ1) is 19.7. The Morgan fingerprint density at radius 2 is 2.44 bits per heavy atom. The number of nitrogens with zero attached hydrogens (tertiary/aromatic N) is 4. The van der Waals surface area contributed by atoms with Crippen LogP contribution in [0.15, 0.2) is 9.72 Å². The van der Waals surface area contributed by atoms with Crippen LogP contribution in [-0.4, -0.2) is 69.7 Å². The molecule has 1 N–H and O–H groups in total. The van der Waals surface area contributed by atoms with E-state index in [0.29, 0.717) is 29.5 Å². The van der Waals surface area contributed by atoms with E-state index in [1.807, 2.05) is 4.90 Å². The van der Waals surface area contributed by atoms with E-state index in [1.54, 1.807) is 0 Å². The normalized spacial score (nSPS) is 17.2. The quantitative estimate of drug-likeness (QED) is 0.619. The van der Waals surface area contributed by atoms with Crippen molar-refractivity contribution in [1.29, 1.82) is 5.26 Å². The largest absolute Gasteiger partial charge is 0.476 e. The van der Waals surface area contributed by atoms with Crippen LogP contribution in [0.25, 0.3) is 0 Å². The molecule has 2 rings (SSSR count). The summed E-state index contributed by atoms with van der Waals surface area (Å²) >= 11 is 2.80. The van der Waals surface area contributed by atoms with Crippen molar-refractivity contribution in [2.75, 3.05) is 31.9 Å². The maximum atomic E-state index is 12.2. The molecule has 2 heterocycles. The van der Waals surface area contributed by atoms with E-state index in [9.17, 15) is 9.59 Å². The number of carboxylic acid groups (broad SMARTS) is 1. The Morgan fingerprint density at radius 1 is 1.64 bits per heavy atom. The number of rotatable bonds is 10. The fourth-order valence-electron chi connectivity index (χ4n) is 2.83. The molecule has 1 aromatic rings. The number of hydrogen-bond acceptors (Lipinski definition) is 7. The number of likely N-dealkylation sites (N-methyl/N-ethyl adjacent to an activating group) is 1. The number of aromatic carboxylic acids is 1. The molecule has 0 radical (unpaired) electrons. The van der Waals surface area contributed by atoms with Crippen molar-refractivity contribution in [2.24, 2.45) is 0 Å². The minimum Gasteiger partial charge on any atom is -0.476 e. The molecule has 0 bridgehead atoms. The van der Waals surface area contributed by atoms with Gasteiger partial charge >= 0.3 is 5.97 Å². The number of carbonyl (C=O) groups is 2. The fraction of sp³-hybridized carbons (Fsp3) is 0.625. The molecule has 0 aliphatic carbocycles. The van der Waals surface area contributed by atoms with E-state index in [2.05, 4.69) is 22.9 Å². The Balaban J connectivity index is 1.84. The van der Waals surface area contributed by atoms with E-state index in [4.69, 9.17) is 10.4 Å². The molecular weight excluding hydrogens is 360 g/mol. The lowest BCUT2D eigenvalue weighted by molar-refractivity contribution is -0.128. The number of thioether (sulfide) groups is 1. The lowest BCUT2D eigenvalue weighted by Gasteiger charge is -2.29. The Morgan fingerprint density at radius 3 is 3.08 bits per heavy atom. The van der Waals surface area contributed by atoms with Crippen LogP contribution in [-0.2, 0) is 4.79 Å². The van der Waals surface area contributed by atoms with E-state index >= 15 is 0 Å². The maximum absolute atomic E-state index is 12.2. The number of aromatic nitrogens is 1. The molecule has 25 heavy (non-hydrogen) atoms. The number of nitriles is 1. The van der Waals surface area contributed by atoms with Crippen LogP contribution in [0, 0.1) is 11.3 Å². The van der Waals surface area contributed by atoms with Crippen molar-refractivity contribution in [3.8, 4) is 6.07 Å². The van der Waals surface area contributed by atoms with Crippen LogP contribution < -0.4 is 0 Å². The number of likely N-dealkylation sites (tertiary alicyclic amines) is 1. The molecule has 7 nitrogen and oxygen atoms in total. The van der Waals surface area contributed by atoms with Gasteiger partial charge in [0, 0.05) is 49.7 Å². The molecule has 0 saturated carbocycles. The van der Waals surface area contributed by atoms with E-state index in [-0.39, 0.29) is 17.6 Å².